The largest absolute Gasteiger partial charge is 0.486 e. The first-order chi connectivity index (χ1) is 12.6. The summed E-state index contributed by atoms with van der Waals surface area (Å²) >= 11 is 5.82. The van der Waals surface area contributed by atoms with Crippen LogP contribution < -0.4 is 14.8 Å². The minimum atomic E-state index is -0.588. The van der Waals surface area contributed by atoms with Crippen LogP contribution in [0.4, 0.5) is 0 Å². The van der Waals surface area contributed by atoms with Gasteiger partial charge >= 0.3 is 5.97 Å². The molecule has 7 heteroatoms. The van der Waals surface area contributed by atoms with Crippen LogP contribution in [-0.4, -0.2) is 38.2 Å². The molecule has 1 N–H and O–H groups in total. The summed E-state index contributed by atoms with van der Waals surface area (Å²) < 4.78 is 15.9. The van der Waals surface area contributed by atoms with Gasteiger partial charge in [-0.15, -0.1) is 0 Å². The first-order valence-electron chi connectivity index (χ1n) is 8.20. The van der Waals surface area contributed by atoms with Crippen LogP contribution in [0.1, 0.15) is 15.9 Å². The molecule has 2 aromatic rings. The number of carbonyl (C=O) groups excluding carboxylic acids is 2. The van der Waals surface area contributed by atoms with E-state index in [4.69, 9.17) is 25.8 Å². The van der Waals surface area contributed by atoms with Gasteiger partial charge in [-0.25, -0.2) is 4.79 Å². The zero-order valence-electron chi connectivity index (χ0n) is 14.0. The lowest BCUT2D eigenvalue weighted by Crippen LogP contribution is -2.30. The minimum Gasteiger partial charge on any atom is -0.486 e. The molecule has 0 atom stereocenters. The van der Waals surface area contributed by atoms with E-state index < -0.39 is 5.97 Å². The number of amides is 1. The fourth-order valence-corrected chi connectivity index (χ4v) is 2.56. The fourth-order valence-electron chi connectivity index (χ4n) is 2.43. The van der Waals surface area contributed by atoms with Gasteiger partial charge in [-0.2, -0.15) is 0 Å². The molecule has 0 bridgehead atoms. The summed E-state index contributed by atoms with van der Waals surface area (Å²) in [6.45, 7) is 1.02. The van der Waals surface area contributed by atoms with E-state index in [1.165, 1.54) is 0 Å². The fraction of sp³-hybridized carbons (Fsp3) is 0.263. The second-order valence-corrected chi connectivity index (χ2v) is 6.10. The van der Waals surface area contributed by atoms with Crippen molar-refractivity contribution in [1.82, 2.24) is 5.32 Å². The average Bonchev–Trinajstić information content (AvgIpc) is 2.67. The van der Waals surface area contributed by atoms with E-state index in [1.807, 2.05) is 12.1 Å². The quantitative estimate of drug-likeness (QED) is 0.786. The maximum atomic E-state index is 12.1. The van der Waals surface area contributed by atoms with Gasteiger partial charge in [0.15, 0.2) is 18.1 Å². The molecule has 0 spiro atoms. The van der Waals surface area contributed by atoms with Gasteiger partial charge in [0.05, 0.1) is 5.56 Å². The highest BCUT2D eigenvalue weighted by Gasteiger charge is 2.16. The van der Waals surface area contributed by atoms with Crippen LogP contribution in [0.15, 0.2) is 42.5 Å². The molecule has 0 saturated heterocycles. The van der Waals surface area contributed by atoms with Crippen LogP contribution in [-0.2, 0) is 16.0 Å². The van der Waals surface area contributed by atoms with Gasteiger partial charge in [-0.1, -0.05) is 23.7 Å². The van der Waals surface area contributed by atoms with Crippen molar-refractivity contribution < 1.29 is 23.8 Å². The second-order valence-electron chi connectivity index (χ2n) is 5.66. The third kappa shape index (κ3) is 4.89. The lowest BCUT2D eigenvalue weighted by atomic mass is 10.1. The number of rotatable bonds is 6. The zero-order chi connectivity index (χ0) is 18.4. The number of ether oxygens (including phenoxy) is 3. The third-order valence-corrected chi connectivity index (χ3v) is 4.01. The van der Waals surface area contributed by atoms with E-state index in [0.29, 0.717) is 48.3 Å². The van der Waals surface area contributed by atoms with Gasteiger partial charge in [-0.3, -0.25) is 4.79 Å². The van der Waals surface area contributed by atoms with Crippen LogP contribution >= 0.6 is 11.6 Å². The van der Waals surface area contributed by atoms with Gasteiger partial charge in [0.1, 0.15) is 13.2 Å². The van der Waals surface area contributed by atoms with E-state index in [1.54, 1.807) is 30.3 Å². The number of esters is 1. The van der Waals surface area contributed by atoms with Crippen LogP contribution in [0, 0.1) is 0 Å². The molecule has 0 fully saturated rings. The molecule has 0 radical (unpaired) electrons. The molecule has 1 heterocycles. The summed E-state index contributed by atoms with van der Waals surface area (Å²) in [5.74, 6) is 0.144. The molecular weight excluding hydrogens is 358 g/mol. The summed E-state index contributed by atoms with van der Waals surface area (Å²) in [5.41, 5.74) is 1.37. The molecule has 0 aromatic heterocycles. The predicted molar refractivity (Wildman–Crippen MR) is 95.9 cm³/mol. The van der Waals surface area contributed by atoms with E-state index in [-0.39, 0.29) is 12.5 Å². The highest BCUT2D eigenvalue weighted by atomic mass is 35.5. The molecule has 26 heavy (non-hydrogen) atoms. The molecule has 0 saturated carbocycles. The molecule has 3 rings (SSSR count). The lowest BCUT2D eigenvalue weighted by molar-refractivity contribution is -0.124. The summed E-state index contributed by atoms with van der Waals surface area (Å²) in [6.07, 6.45) is 0.666. The van der Waals surface area contributed by atoms with Crippen molar-refractivity contribution in [3.05, 3.63) is 58.6 Å². The number of benzene rings is 2. The Kier molecular flexibility index (Phi) is 5.96. The number of carbonyl (C=O) groups is 2. The van der Waals surface area contributed by atoms with Crippen molar-refractivity contribution in [2.75, 3.05) is 26.4 Å². The Morgan fingerprint density at radius 1 is 1.04 bits per heavy atom. The topological polar surface area (TPSA) is 73.9 Å². The van der Waals surface area contributed by atoms with E-state index in [0.717, 1.165) is 5.56 Å². The highest BCUT2D eigenvalue weighted by molar-refractivity contribution is 6.30. The highest BCUT2D eigenvalue weighted by Crippen LogP contribution is 2.30. The smallest absolute Gasteiger partial charge is 0.338 e. The summed E-state index contributed by atoms with van der Waals surface area (Å²) in [5, 5.41) is 3.38. The lowest BCUT2D eigenvalue weighted by Gasteiger charge is -2.18. The van der Waals surface area contributed by atoms with Gasteiger partial charge in [0.25, 0.3) is 5.91 Å². The Balaban J connectivity index is 1.42. The number of fused-ring (bicyclic) bond motifs is 1. The Bertz CT molecular complexity index is 791. The number of hydrogen-bond donors (Lipinski definition) is 1. The van der Waals surface area contributed by atoms with Gasteiger partial charge in [0, 0.05) is 11.6 Å². The SMILES string of the molecule is O=C(COC(=O)c1ccc2c(c1)OCCO2)NCCc1ccc(Cl)cc1. The Hall–Kier alpha value is -2.73. The molecule has 1 amide bonds. The minimum absolute atomic E-state index is 0.309. The molecule has 2 aromatic carbocycles. The first-order valence-corrected chi connectivity index (χ1v) is 8.57. The van der Waals surface area contributed by atoms with Crippen molar-refractivity contribution >= 4 is 23.5 Å². The molecule has 1 aliphatic rings. The zero-order valence-corrected chi connectivity index (χ0v) is 14.8. The van der Waals surface area contributed by atoms with Crippen LogP contribution in [0.2, 0.25) is 5.02 Å². The van der Waals surface area contributed by atoms with Crippen molar-refractivity contribution in [2.45, 2.75) is 6.42 Å². The van der Waals surface area contributed by atoms with Gasteiger partial charge < -0.3 is 19.5 Å². The summed E-state index contributed by atoms with van der Waals surface area (Å²) in [4.78, 5) is 23.9. The van der Waals surface area contributed by atoms with Crippen molar-refractivity contribution in [3.8, 4) is 11.5 Å². The predicted octanol–water partition coefficient (Wildman–Crippen LogP) is 2.63. The molecule has 0 aliphatic carbocycles. The van der Waals surface area contributed by atoms with Crippen LogP contribution in [0.3, 0.4) is 0 Å². The third-order valence-electron chi connectivity index (χ3n) is 3.76. The standard InChI is InChI=1S/C19H18ClNO5/c20-15-4-1-13(2-5-15)7-8-21-18(22)12-26-19(23)14-3-6-16-17(11-14)25-10-9-24-16/h1-6,11H,7-10,12H2,(H,21,22). The van der Waals surface area contributed by atoms with Crippen molar-refractivity contribution in [1.29, 1.82) is 0 Å². The Labute approximate surface area is 156 Å². The molecule has 6 nitrogen and oxygen atoms in total. The summed E-state index contributed by atoms with van der Waals surface area (Å²) in [7, 11) is 0. The van der Waals surface area contributed by atoms with Crippen molar-refractivity contribution in [3.63, 3.8) is 0 Å². The Morgan fingerprint density at radius 2 is 1.77 bits per heavy atom. The molecule has 136 valence electrons. The normalized spacial score (nSPS) is 12.3. The van der Waals surface area contributed by atoms with Gasteiger partial charge in [-0.05, 0) is 42.3 Å². The number of nitrogens with one attached hydrogen (secondary N) is 1. The average molecular weight is 376 g/mol. The van der Waals surface area contributed by atoms with Crippen LogP contribution in [0.25, 0.3) is 0 Å². The van der Waals surface area contributed by atoms with E-state index in [9.17, 15) is 9.59 Å². The number of hydrogen-bond acceptors (Lipinski definition) is 5. The molecule has 1 aliphatic heterocycles. The first kappa shape index (κ1) is 18.1. The maximum Gasteiger partial charge on any atom is 0.338 e. The monoisotopic (exact) mass is 375 g/mol. The summed E-state index contributed by atoms with van der Waals surface area (Å²) in [6, 6.07) is 12.2. The number of halogens is 1. The van der Waals surface area contributed by atoms with E-state index in [2.05, 4.69) is 5.32 Å². The second kappa shape index (κ2) is 8.58. The maximum absolute atomic E-state index is 12.1. The molecular formula is C19H18ClNO5. The van der Waals surface area contributed by atoms with E-state index >= 15 is 0 Å². The van der Waals surface area contributed by atoms with Gasteiger partial charge in [0.2, 0.25) is 0 Å². The van der Waals surface area contributed by atoms with Crippen molar-refractivity contribution in [2.24, 2.45) is 0 Å². The Morgan fingerprint density at radius 3 is 2.54 bits per heavy atom. The van der Waals surface area contributed by atoms with Crippen LogP contribution in [0.5, 0.6) is 11.5 Å². The molecule has 0 unspecified atom stereocenters.